The molecule has 1 amide bonds. The zero-order chi connectivity index (χ0) is 16.3. The average molecular weight is 326 g/mol. The van der Waals surface area contributed by atoms with Crippen LogP contribution in [0.2, 0.25) is 5.02 Å². The van der Waals surface area contributed by atoms with E-state index in [0.717, 1.165) is 5.56 Å². The number of carboxylic acids is 1. The van der Waals surface area contributed by atoms with Gasteiger partial charge < -0.3 is 14.7 Å². The van der Waals surface area contributed by atoms with Gasteiger partial charge in [0, 0.05) is 30.8 Å². The number of hydrogen-bond donors (Lipinski definition) is 1. The molecule has 0 radical (unpaired) electrons. The number of carbonyl (C=O) groups is 2. The first-order valence-electron chi connectivity index (χ1n) is 7.17. The molecule has 1 aliphatic rings. The Morgan fingerprint density at radius 2 is 2.18 bits per heavy atom. The number of halogens is 1. The fraction of sp³-hybridized carbons (Fsp3) is 0.500. The molecule has 22 heavy (non-hydrogen) atoms. The SMILES string of the molecule is COCC1(C(=O)O)CCCN(C(=O)c2cc(Cl)ccc2C)C1. The van der Waals surface area contributed by atoms with Gasteiger partial charge in [0.1, 0.15) is 5.41 Å². The molecule has 1 aromatic rings. The maximum absolute atomic E-state index is 12.7. The molecule has 1 saturated heterocycles. The average Bonchev–Trinajstić information content (AvgIpc) is 2.49. The predicted octanol–water partition coefficient (Wildman–Crippen LogP) is 2.60. The quantitative estimate of drug-likeness (QED) is 0.924. The fourth-order valence-electron chi connectivity index (χ4n) is 2.93. The van der Waals surface area contributed by atoms with Crippen molar-refractivity contribution in [2.24, 2.45) is 5.41 Å². The molecule has 0 spiro atoms. The fourth-order valence-corrected chi connectivity index (χ4v) is 3.10. The highest BCUT2D eigenvalue weighted by atomic mass is 35.5. The van der Waals surface area contributed by atoms with Gasteiger partial charge in [-0.1, -0.05) is 17.7 Å². The van der Waals surface area contributed by atoms with Gasteiger partial charge in [-0.25, -0.2) is 0 Å². The summed E-state index contributed by atoms with van der Waals surface area (Å²) in [5.74, 6) is -1.10. The van der Waals surface area contributed by atoms with E-state index in [1.165, 1.54) is 7.11 Å². The van der Waals surface area contributed by atoms with Crippen LogP contribution >= 0.6 is 11.6 Å². The van der Waals surface area contributed by atoms with E-state index >= 15 is 0 Å². The second-order valence-electron chi connectivity index (χ2n) is 5.81. The van der Waals surface area contributed by atoms with Crippen LogP contribution < -0.4 is 0 Å². The van der Waals surface area contributed by atoms with Gasteiger partial charge in [0.15, 0.2) is 0 Å². The van der Waals surface area contributed by atoms with Crippen LogP contribution in [-0.2, 0) is 9.53 Å². The zero-order valence-corrected chi connectivity index (χ0v) is 13.5. The highest BCUT2D eigenvalue weighted by Gasteiger charge is 2.44. The largest absolute Gasteiger partial charge is 0.481 e. The minimum Gasteiger partial charge on any atom is -0.481 e. The number of benzene rings is 1. The Balaban J connectivity index is 2.26. The van der Waals surface area contributed by atoms with Crippen molar-refractivity contribution in [1.82, 2.24) is 4.90 Å². The molecule has 1 N–H and O–H groups in total. The third kappa shape index (κ3) is 3.25. The Kier molecular flexibility index (Phi) is 5.08. The highest BCUT2D eigenvalue weighted by Crippen LogP contribution is 2.32. The summed E-state index contributed by atoms with van der Waals surface area (Å²) in [4.78, 5) is 26.0. The Bertz CT molecular complexity index is 586. The van der Waals surface area contributed by atoms with Crippen molar-refractivity contribution in [3.8, 4) is 0 Å². The number of aryl methyl sites for hydroxylation is 1. The van der Waals surface area contributed by atoms with Gasteiger partial charge in [0.25, 0.3) is 5.91 Å². The number of methoxy groups -OCH3 is 1. The standard InChI is InChI=1S/C16H20ClNO4/c1-11-4-5-12(17)8-13(11)14(19)18-7-3-6-16(9-18,10-22-2)15(20)21/h4-5,8H,3,6-7,9-10H2,1-2H3,(H,20,21). The lowest BCUT2D eigenvalue weighted by Crippen LogP contribution is -2.52. The summed E-state index contributed by atoms with van der Waals surface area (Å²) in [6, 6.07) is 5.15. The highest BCUT2D eigenvalue weighted by molar-refractivity contribution is 6.31. The molecule has 5 nitrogen and oxygen atoms in total. The van der Waals surface area contributed by atoms with E-state index in [1.807, 2.05) is 6.92 Å². The summed E-state index contributed by atoms with van der Waals surface area (Å²) in [5, 5.41) is 10.0. The first-order chi connectivity index (χ1) is 10.4. The molecule has 1 atom stereocenters. The van der Waals surface area contributed by atoms with Crippen molar-refractivity contribution < 1.29 is 19.4 Å². The van der Waals surface area contributed by atoms with Gasteiger partial charge in [-0.3, -0.25) is 9.59 Å². The van der Waals surface area contributed by atoms with Crippen LogP contribution in [0.25, 0.3) is 0 Å². The van der Waals surface area contributed by atoms with Crippen LogP contribution in [0.1, 0.15) is 28.8 Å². The molecule has 120 valence electrons. The van der Waals surface area contributed by atoms with Crippen molar-refractivity contribution in [1.29, 1.82) is 0 Å². The van der Waals surface area contributed by atoms with E-state index in [9.17, 15) is 14.7 Å². The number of hydrogen-bond acceptors (Lipinski definition) is 3. The van der Waals surface area contributed by atoms with Crippen molar-refractivity contribution in [3.63, 3.8) is 0 Å². The van der Waals surface area contributed by atoms with Crippen LogP contribution in [0, 0.1) is 12.3 Å². The van der Waals surface area contributed by atoms with Crippen molar-refractivity contribution in [3.05, 3.63) is 34.3 Å². The van der Waals surface area contributed by atoms with E-state index in [4.69, 9.17) is 16.3 Å². The van der Waals surface area contributed by atoms with Crippen LogP contribution in [-0.4, -0.2) is 48.7 Å². The van der Waals surface area contributed by atoms with Gasteiger partial charge in [0.05, 0.1) is 6.61 Å². The van der Waals surface area contributed by atoms with Crippen LogP contribution in [0.5, 0.6) is 0 Å². The maximum Gasteiger partial charge on any atom is 0.313 e. The molecule has 1 aromatic carbocycles. The van der Waals surface area contributed by atoms with E-state index in [-0.39, 0.29) is 19.1 Å². The number of piperidine rings is 1. The topological polar surface area (TPSA) is 66.8 Å². The summed E-state index contributed by atoms with van der Waals surface area (Å²) in [6.45, 7) is 2.64. The molecule has 2 rings (SSSR count). The predicted molar refractivity (Wildman–Crippen MR) is 83.3 cm³/mol. The maximum atomic E-state index is 12.7. The van der Waals surface area contributed by atoms with Gasteiger partial charge in [-0.15, -0.1) is 0 Å². The number of carbonyl (C=O) groups excluding carboxylic acids is 1. The van der Waals surface area contributed by atoms with Crippen molar-refractivity contribution >= 4 is 23.5 Å². The van der Waals surface area contributed by atoms with Gasteiger partial charge in [0.2, 0.25) is 0 Å². The lowest BCUT2D eigenvalue weighted by atomic mass is 9.80. The Morgan fingerprint density at radius 1 is 1.45 bits per heavy atom. The van der Waals surface area contributed by atoms with Crippen LogP contribution in [0.4, 0.5) is 0 Å². The molecule has 0 aliphatic carbocycles. The molecular weight excluding hydrogens is 306 g/mol. The summed E-state index contributed by atoms with van der Waals surface area (Å²) < 4.78 is 5.08. The normalized spacial score (nSPS) is 21.7. The Hall–Kier alpha value is -1.59. The van der Waals surface area contributed by atoms with E-state index in [1.54, 1.807) is 23.1 Å². The van der Waals surface area contributed by atoms with Crippen LogP contribution in [0.15, 0.2) is 18.2 Å². The van der Waals surface area contributed by atoms with E-state index in [0.29, 0.717) is 30.0 Å². The minimum atomic E-state index is -1.03. The van der Waals surface area contributed by atoms with Crippen LogP contribution in [0.3, 0.4) is 0 Å². The third-order valence-corrected chi connectivity index (χ3v) is 4.40. The second kappa shape index (κ2) is 6.67. The summed E-state index contributed by atoms with van der Waals surface area (Å²) >= 11 is 5.97. The number of rotatable bonds is 4. The second-order valence-corrected chi connectivity index (χ2v) is 6.24. The number of nitrogens with zero attached hydrogens (tertiary/aromatic N) is 1. The molecule has 0 saturated carbocycles. The zero-order valence-electron chi connectivity index (χ0n) is 12.8. The van der Waals surface area contributed by atoms with Gasteiger partial charge in [-0.05, 0) is 37.5 Å². The number of aliphatic carboxylic acids is 1. The monoisotopic (exact) mass is 325 g/mol. The van der Waals surface area contributed by atoms with Crippen molar-refractivity contribution in [2.75, 3.05) is 26.8 Å². The number of amides is 1. The molecule has 1 aliphatic heterocycles. The molecule has 0 bridgehead atoms. The molecular formula is C16H20ClNO4. The Morgan fingerprint density at radius 3 is 2.82 bits per heavy atom. The summed E-state index contributed by atoms with van der Waals surface area (Å²) in [6.07, 6.45) is 1.15. The third-order valence-electron chi connectivity index (χ3n) is 4.17. The lowest BCUT2D eigenvalue weighted by Gasteiger charge is -2.39. The molecule has 1 heterocycles. The van der Waals surface area contributed by atoms with E-state index in [2.05, 4.69) is 0 Å². The first kappa shape index (κ1) is 16.8. The summed E-state index contributed by atoms with van der Waals surface area (Å²) in [7, 11) is 1.48. The van der Waals surface area contributed by atoms with Gasteiger partial charge >= 0.3 is 5.97 Å². The molecule has 0 aromatic heterocycles. The smallest absolute Gasteiger partial charge is 0.313 e. The molecule has 6 heteroatoms. The van der Waals surface area contributed by atoms with Crippen molar-refractivity contribution in [2.45, 2.75) is 19.8 Å². The first-order valence-corrected chi connectivity index (χ1v) is 7.55. The lowest BCUT2D eigenvalue weighted by molar-refractivity contribution is -0.155. The molecule has 1 unspecified atom stereocenters. The van der Waals surface area contributed by atoms with E-state index < -0.39 is 11.4 Å². The number of ether oxygens (including phenoxy) is 1. The number of likely N-dealkylation sites (tertiary alicyclic amines) is 1. The molecule has 1 fully saturated rings. The Labute approximate surface area is 134 Å². The minimum absolute atomic E-state index is 0.0979. The summed E-state index contributed by atoms with van der Waals surface area (Å²) in [5.41, 5.74) is 0.313. The van der Waals surface area contributed by atoms with Gasteiger partial charge in [-0.2, -0.15) is 0 Å². The number of carboxylic acid groups (broad SMARTS) is 1.